The Bertz CT molecular complexity index is 413. The minimum absolute atomic E-state index is 0.382. The van der Waals surface area contributed by atoms with E-state index >= 15 is 0 Å². The molecule has 0 amide bonds. The fourth-order valence-electron chi connectivity index (χ4n) is 3.41. The molecule has 0 aromatic carbocycles. The Morgan fingerprint density at radius 2 is 1.90 bits per heavy atom. The molecule has 112 valence electrons. The van der Waals surface area contributed by atoms with Gasteiger partial charge in [-0.15, -0.1) is 0 Å². The van der Waals surface area contributed by atoms with Crippen molar-refractivity contribution < 1.29 is 0 Å². The average molecular weight is 275 g/mol. The van der Waals surface area contributed by atoms with Crippen LogP contribution in [-0.4, -0.2) is 36.1 Å². The van der Waals surface area contributed by atoms with Gasteiger partial charge < -0.3 is 10.2 Å². The first kappa shape index (κ1) is 15.5. The highest BCUT2D eigenvalue weighted by Gasteiger charge is 2.14. The first-order chi connectivity index (χ1) is 9.58. The van der Waals surface area contributed by atoms with Crippen LogP contribution in [0.15, 0.2) is 6.07 Å². The van der Waals surface area contributed by atoms with E-state index in [9.17, 15) is 0 Å². The van der Waals surface area contributed by atoms with Crippen molar-refractivity contribution in [2.75, 3.05) is 26.2 Å². The number of aromatic nitrogens is 1. The van der Waals surface area contributed by atoms with Crippen molar-refractivity contribution in [2.24, 2.45) is 0 Å². The summed E-state index contributed by atoms with van der Waals surface area (Å²) < 4.78 is 0. The summed E-state index contributed by atoms with van der Waals surface area (Å²) in [5, 5.41) is 3.67. The molecule has 2 rings (SSSR count). The molecular weight excluding hydrogens is 246 g/mol. The highest BCUT2D eigenvalue weighted by molar-refractivity contribution is 5.33. The normalized spacial score (nSPS) is 18.2. The van der Waals surface area contributed by atoms with Gasteiger partial charge in [0.2, 0.25) is 0 Å². The van der Waals surface area contributed by atoms with Crippen LogP contribution in [-0.2, 0) is 0 Å². The minimum atomic E-state index is 0.382. The zero-order valence-corrected chi connectivity index (χ0v) is 13.5. The molecule has 3 heteroatoms. The van der Waals surface area contributed by atoms with E-state index in [1.54, 1.807) is 0 Å². The lowest BCUT2D eigenvalue weighted by molar-refractivity contribution is 0.227. The molecular formula is C17H29N3. The lowest BCUT2D eigenvalue weighted by Crippen LogP contribution is -2.36. The van der Waals surface area contributed by atoms with Crippen molar-refractivity contribution in [3.8, 4) is 0 Å². The molecule has 0 spiro atoms. The number of pyridine rings is 1. The van der Waals surface area contributed by atoms with Crippen LogP contribution in [0.3, 0.4) is 0 Å². The van der Waals surface area contributed by atoms with Gasteiger partial charge in [-0.3, -0.25) is 4.98 Å². The third-order valence-electron chi connectivity index (χ3n) is 4.34. The van der Waals surface area contributed by atoms with Crippen LogP contribution in [0.2, 0.25) is 0 Å². The van der Waals surface area contributed by atoms with Gasteiger partial charge in [-0.05, 0) is 70.8 Å². The van der Waals surface area contributed by atoms with Gasteiger partial charge in [0.05, 0.1) is 0 Å². The van der Waals surface area contributed by atoms with Crippen LogP contribution in [0.25, 0.3) is 0 Å². The molecule has 1 unspecified atom stereocenters. The number of nitrogens with one attached hydrogen (secondary N) is 1. The van der Waals surface area contributed by atoms with Gasteiger partial charge in [0, 0.05) is 30.5 Å². The van der Waals surface area contributed by atoms with Crippen LogP contribution in [0, 0.1) is 20.8 Å². The maximum atomic E-state index is 4.60. The smallest absolute Gasteiger partial charge is 0.0426 e. The molecule has 1 aromatic rings. The molecule has 0 radical (unpaired) electrons. The minimum Gasteiger partial charge on any atom is -0.309 e. The maximum absolute atomic E-state index is 4.60. The quantitative estimate of drug-likeness (QED) is 0.895. The van der Waals surface area contributed by atoms with Crippen LogP contribution < -0.4 is 5.32 Å². The molecule has 2 heterocycles. The summed E-state index contributed by atoms with van der Waals surface area (Å²) in [5.41, 5.74) is 5.01. The number of rotatable bonds is 5. The second-order valence-electron chi connectivity index (χ2n) is 6.16. The number of piperidine rings is 1. The largest absolute Gasteiger partial charge is 0.309 e. The standard InChI is InChI=1S/C17H29N3/c1-13-12-14(2)19-16(4)17(13)15(3)18-8-11-20-9-6-5-7-10-20/h12,15,18H,5-11H2,1-4H3. The topological polar surface area (TPSA) is 28.2 Å². The summed E-state index contributed by atoms with van der Waals surface area (Å²) in [6, 6.07) is 2.57. The van der Waals surface area contributed by atoms with Crippen LogP contribution >= 0.6 is 0 Å². The Labute approximate surface area is 123 Å². The number of aryl methyl sites for hydroxylation is 3. The van der Waals surface area contributed by atoms with Gasteiger partial charge in [0.15, 0.2) is 0 Å². The zero-order valence-electron chi connectivity index (χ0n) is 13.5. The average Bonchev–Trinajstić information content (AvgIpc) is 2.38. The van der Waals surface area contributed by atoms with E-state index in [4.69, 9.17) is 0 Å². The van der Waals surface area contributed by atoms with Crippen molar-refractivity contribution in [1.29, 1.82) is 0 Å². The predicted octanol–water partition coefficient (Wildman–Crippen LogP) is 3.14. The SMILES string of the molecule is Cc1cc(C)c(C(C)NCCN2CCCCC2)c(C)n1. The third kappa shape index (κ3) is 4.03. The first-order valence-corrected chi connectivity index (χ1v) is 7.98. The van der Waals surface area contributed by atoms with Crippen molar-refractivity contribution in [2.45, 2.75) is 53.0 Å². The predicted molar refractivity (Wildman–Crippen MR) is 85.2 cm³/mol. The fourth-order valence-corrected chi connectivity index (χ4v) is 3.41. The van der Waals surface area contributed by atoms with Crippen LogP contribution in [0.1, 0.15) is 54.7 Å². The van der Waals surface area contributed by atoms with Gasteiger partial charge >= 0.3 is 0 Å². The van der Waals surface area contributed by atoms with Gasteiger partial charge in [-0.25, -0.2) is 0 Å². The highest BCUT2D eigenvalue weighted by atomic mass is 15.1. The maximum Gasteiger partial charge on any atom is 0.0426 e. The number of likely N-dealkylation sites (tertiary alicyclic amines) is 1. The highest BCUT2D eigenvalue weighted by Crippen LogP contribution is 2.21. The molecule has 0 aliphatic carbocycles. The van der Waals surface area contributed by atoms with Gasteiger partial charge in [-0.2, -0.15) is 0 Å². The van der Waals surface area contributed by atoms with Crippen molar-refractivity contribution in [3.63, 3.8) is 0 Å². The molecule has 0 saturated carbocycles. The number of hydrogen-bond donors (Lipinski definition) is 1. The third-order valence-corrected chi connectivity index (χ3v) is 4.34. The Balaban J connectivity index is 1.86. The van der Waals surface area contributed by atoms with Gasteiger partial charge in [0.1, 0.15) is 0 Å². The summed E-state index contributed by atoms with van der Waals surface area (Å²) in [4.78, 5) is 7.18. The molecule has 3 nitrogen and oxygen atoms in total. The Hall–Kier alpha value is -0.930. The summed E-state index contributed by atoms with van der Waals surface area (Å²) in [5.74, 6) is 0. The summed E-state index contributed by atoms with van der Waals surface area (Å²) in [7, 11) is 0. The molecule has 1 aliphatic heterocycles. The van der Waals surface area contributed by atoms with E-state index in [1.165, 1.54) is 55.7 Å². The molecule has 20 heavy (non-hydrogen) atoms. The van der Waals surface area contributed by atoms with E-state index in [0.29, 0.717) is 6.04 Å². The fraction of sp³-hybridized carbons (Fsp3) is 0.706. The molecule has 1 aliphatic rings. The molecule has 1 N–H and O–H groups in total. The Kier molecular flexibility index (Phi) is 5.55. The van der Waals surface area contributed by atoms with Gasteiger partial charge in [-0.1, -0.05) is 6.42 Å². The van der Waals surface area contributed by atoms with E-state index < -0.39 is 0 Å². The second-order valence-corrected chi connectivity index (χ2v) is 6.16. The molecule has 1 fully saturated rings. The van der Waals surface area contributed by atoms with Crippen LogP contribution in [0.4, 0.5) is 0 Å². The molecule has 1 aromatic heterocycles. The van der Waals surface area contributed by atoms with Crippen molar-refractivity contribution >= 4 is 0 Å². The molecule has 1 saturated heterocycles. The Morgan fingerprint density at radius 3 is 2.55 bits per heavy atom. The molecule has 0 bridgehead atoms. The number of nitrogens with zero attached hydrogens (tertiary/aromatic N) is 2. The summed E-state index contributed by atoms with van der Waals surface area (Å²) >= 11 is 0. The lowest BCUT2D eigenvalue weighted by Gasteiger charge is -2.27. The van der Waals surface area contributed by atoms with E-state index in [-0.39, 0.29) is 0 Å². The summed E-state index contributed by atoms with van der Waals surface area (Å²) in [6.07, 6.45) is 4.15. The summed E-state index contributed by atoms with van der Waals surface area (Å²) in [6.45, 7) is 13.4. The zero-order chi connectivity index (χ0) is 14.5. The monoisotopic (exact) mass is 275 g/mol. The van der Waals surface area contributed by atoms with E-state index in [0.717, 1.165) is 12.2 Å². The first-order valence-electron chi connectivity index (χ1n) is 7.98. The van der Waals surface area contributed by atoms with E-state index in [2.05, 4.69) is 49.0 Å². The van der Waals surface area contributed by atoms with Gasteiger partial charge in [0.25, 0.3) is 0 Å². The second kappa shape index (κ2) is 7.19. The Morgan fingerprint density at radius 1 is 1.20 bits per heavy atom. The number of hydrogen-bond acceptors (Lipinski definition) is 3. The van der Waals surface area contributed by atoms with E-state index in [1.807, 2.05) is 0 Å². The van der Waals surface area contributed by atoms with Crippen molar-refractivity contribution in [3.05, 3.63) is 28.6 Å². The van der Waals surface area contributed by atoms with Crippen LogP contribution in [0.5, 0.6) is 0 Å². The van der Waals surface area contributed by atoms with Crippen molar-refractivity contribution in [1.82, 2.24) is 15.2 Å². The lowest BCUT2D eigenvalue weighted by atomic mass is 10.0. The molecule has 1 atom stereocenters.